The maximum Gasteiger partial charge on any atom is 0.133 e. The molecule has 0 spiro atoms. The first-order valence-corrected chi connectivity index (χ1v) is 5.33. The highest BCUT2D eigenvalue weighted by molar-refractivity contribution is 5.96. The van der Waals surface area contributed by atoms with E-state index in [4.69, 9.17) is 4.79 Å². The topological polar surface area (TPSA) is 34.1 Å². The molecule has 2 heteroatoms. The van der Waals surface area contributed by atoms with Crippen molar-refractivity contribution in [3.8, 4) is 0 Å². The van der Waals surface area contributed by atoms with Crippen LogP contribution in [-0.2, 0) is 9.59 Å². The fourth-order valence-electron chi connectivity index (χ4n) is 1.49. The summed E-state index contributed by atoms with van der Waals surface area (Å²) in [4.78, 5) is 19.5. The van der Waals surface area contributed by atoms with Crippen LogP contribution in [0.5, 0.6) is 0 Å². The van der Waals surface area contributed by atoms with E-state index in [1.54, 1.807) is 0 Å². The third-order valence-electron chi connectivity index (χ3n) is 2.23. The summed E-state index contributed by atoms with van der Waals surface area (Å²) in [5.41, 5.74) is 2.41. The summed E-state index contributed by atoms with van der Waals surface area (Å²) in [5.74, 6) is 3.25. The highest BCUT2D eigenvalue weighted by atomic mass is 16.1. The van der Waals surface area contributed by atoms with Gasteiger partial charge in [0.25, 0.3) is 0 Å². The lowest BCUT2D eigenvalue weighted by Crippen LogP contribution is -1.87. The van der Waals surface area contributed by atoms with Crippen molar-refractivity contribution in [2.24, 2.45) is 0 Å². The number of hydrogen-bond acceptors (Lipinski definition) is 2. The highest BCUT2D eigenvalue weighted by Gasteiger charge is 2.03. The van der Waals surface area contributed by atoms with Crippen molar-refractivity contribution in [3.63, 3.8) is 0 Å². The standard InChI is InChI=1S/C14H10O.C2H2O/c15-11-14(12-7-3-1-4-8-12)13-9-5-2-6-10-13;1-2-3/h1-10H;1H2. The Labute approximate surface area is 106 Å². The van der Waals surface area contributed by atoms with E-state index < -0.39 is 0 Å². The molecule has 2 aromatic rings. The lowest BCUT2D eigenvalue weighted by Gasteiger charge is -2.02. The predicted octanol–water partition coefficient (Wildman–Crippen LogP) is 2.95. The summed E-state index contributed by atoms with van der Waals surface area (Å²) < 4.78 is 0. The molecular weight excluding hydrogens is 224 g/mol. The molecule has 0 saturated heterocycles. The zero-order valence-corrected chi connectivity index (χ0v) is 9.80. The summed E-state index contributed by atoms with van der Waals surface area (Å²) in [6, 6.07) is 19.1. The maximum absolute atomic E-state index is 10.9. The molecule has 0 aromatic heterocycles. The van der Waals surface area contributed by atoms with Crippen LogP contribution < -0.4 is 0 Å². The molecule has 0 radical (unpaired) electrons. The van der Waals surface area contributed by atoms with E-state index >= 15 is 0 Å². The maximum atomic E-state index is 10.9. The quantitative estimate of drug-likeness (QED) is 0.751. The van der Waals surface area contributed by atoms with Crippen molar-refractivity contribution in [3.05, 3.63) is 78.4 Å². The van der Waals surface area contributed by atoms with E-state index in [1.807, 2.05) is 66.6 Å². The minimum absolute atomic E-state index is 0.608. The van der Waals surface area contributed by atoms with E-state index in [0.29, 0.717) is 5.57 Å². The van der Waals surface area contributed by atoms with Crippen LogP contribution in [0.25, 0.3) is 5.57 Å². The molecule has 2 nitrogen and oxygen atoms in total. The summed E-state index contributed by atoms with van der Waals surface area (Å²) in [6.45, 7) is 2.68. The second-order valence-electron chi connectivity index (χ2n) is 3.35. The van der Waals surface area contributed by atoms with Crippen LogP contribution in [0.2, 0.25) is 0 Å². The SMILES string of the molecule is C=C=O.O=C=C(c1ccccc1)c1ccccc1. The van der Waals surface area contributed by atoms with Crippen LogP contribution in [0.3, 0.4) is 0 Å². The fraction of sp³-hybridized carbons (Fsp3) is 0. The van der Waals surface area contributed by atoms with Crippen LogP contribution in [0.15, 0.2) is 67.2 Å². The molecule has 0 bridgehead atoms. The van der Waals surface area contributed by atoms with Gasteiger partial charge in [-0.2, -0.15) is 0 Å². The molecule has 18 heavy (non-hydrogen) atoms. The number of rotatable bonds is 2. The second-order valence-corrected chi connectivity index (χ2v) is 3.35. The summed E-state index contributed by atoms with van der Waals surface area (Å²) in [5, 5.41) is 0. The molecule has 0 N–H and O–H groups in total. The average Bonchev–Trinajstić information content (AvgIpc) is 2.43. The van der Waals surface area contributed by atoms with E-state index in [-0.39, 0.29) is 0 Å². The number of hydrogen-bond donors (Lipinski definition) is 0. The van der Waals surface area contributed by atoms with Crippen LogP contribution >= 0.6 is 0 Å². The van der Waals surface area contributed by atoms with Crippen molar-refractivity contribution in [2.75, 3.05) is 0 Å². The van der Waals surface area contributed by atoms with E-state index in [0.717, 1.165) is 11.1 Å². The Balaban J connectivity index is 0.000000492. The first-order chi connectivity index (χ1) is 8.83. The van der Waals surface area contributed by atoms with Gasteiger partial charge in [0.1, 0.15) is 11.9 Å². The molecule has 88 valence electrons. The van der Waals surface area contributed by atoms with Gasteiger partial charge in [-0.3, -0.25) is 0 Å². The Morgan fingerprint density at radius 1 is 0.778 bits per heavy atom. The minimum atomic E-state index is 0.608. The molecule has 2 aromatic carbocycles. The Morgan fingerprint density at radius 3 is 1.39 bits per heavy atom. The third-order valence-corrected chi connectivity index (χ3v) is 2.23. The van der Waals surface area contributed by atoms with Crippen LogP contribution in [0.1, 0.15) is 11.1 Å². The first kappa shape index (κ1) is 13.4. The van der Waals surface area contributed by atoms with Gasteiger partial charge in [0.2, 0.25) is 0 Å². The van der Waals surface area contributed by atoms with Crippen molar-refractivity contribution in [1.29, 1.82) is 0 Å². The summed E-state index contributed by atoms with van der Waals surface area (Å²) in [6.07, 6.45) is 0. The smallest absolute Gasteiger partial charge is 0.133 e. The molecule has 0 unspecified atom stereocenters. The van der Waals surface area contributed by atoms with Crippen LogP contribution in [-0.4, -0.2) is 11.9 Å². The zero-order chi connectivity index (χ0) is 13.2. The first-order valence-electron chi connectivity index (χ1n) is 5.33. The zero-order valence-electron chi connectivity index (χ0n) is 9.80. The van der Waals surface area contributed by atoms with Gasteiger partial charge in [0.05, 0.1) is 5.57 Å². The molecule has 0 saturated carbocycles. The Bertz CT molecular complexity index is 517. The molecule has 2 rings (SSSR count). The molecule has 0 aliphatic rings. The Morgan fingerprint density at radius 2 is 1.11 bits per heavy atom. The Kier molecular flexibility index (Phi) is 5.65. The molecule has 0 amide bonds. The molecule has 0 fully saturated rings. The third kappa shape index (κ3) is 3.73. The summed E-state index contributed by atoms with van der Waals surface area (Å²) in [7, 11) is 0. The van der Waals surface area contributed by atoms with E-state index in [1.165, 1.54) is 5.94 Å². The van der Waals surface area contributed by atoms with Gasteiger partial charge in [-0.25, -0.2) is 9.59 Å². The van der Waals surface area contributed by atoms with Gasteiger partial charge in [-0.1, -0.05) is 60.7 Å². The number of benzene rings is 2. The van der Waals surface area contributed by atoms with Gasteiger partial charge in [0, 0.05) is 0 Å². The molecule has 0 heterocycles. The van der Waals surface area contributed by atoms with E-state index in [9.17, 15) is 4.79 Å². The van der Waals surface area contributed by atoms with Crippen LogP contribution in [0, 0.1) is 0 Å². The molecule has 0 aliphatic heterocycles. The van der Waals surface area contributed by atoms with Crippen molar-refractivity contribution in [2.45, 2.75) is 0 Å². The molecule has 0 atom stereocenters. The number of carbonyl (C=O) groups excluding carboxylic acids is 2. The van der Waals surface area contributed by atoms with Gasteiger partial charge in [-0.15, -0.1) is 0 Å². The van der Waals surface area contributed by atoms with Crippen LogP contribution in [0.4, 0.5) is 0 Å². The fourth-order valence-corrected chi connectivity index (χ4v) is 1.49. The Hall–Kier alpha value is -2.66. The summed E-state index contributed by atoms with van der Waals surface area (Å²) >= 11 is 0. The predicted molar refractivity (Wildman–Crippen MR) is 72.4 cm³/mol. The van der Waals surface area contributed by atoms with Gasteiger partial charge < -0.3 is 0 Å². The lowest BCUT2D eigenvalue weighted by molar-refractivity contribution is 0.569. The largest absolute Gasteiger partial charge is 0.234 e. The molecular formula is C16H12O2. The lowest BCUT2D eigenvalue weighted by atomic mass is 10.00. The minimum Gasteiger partial charge on any atom is -0.234 e. The van der Waals surface area contributed by atoms with Gasteiger partial charge >= 0.3 is 0 Å². The van der Waals surface area contributed by atoms with Crippen molar-refractivity contribution < 1.29 is 9.59 Å². The second kappa shape index (κ2) is 7.59. The normalized spacial score (nSPS) is 8.22. The van der Waals surface area contributed by atoms with E-state index in [2.05, 4.69) is 6.58 Å². The van der Waals surface area contributed by atoms with Crippen molar-refractivity contribution in [1.82, 2.24) is 0 Å². The highest BCUT2D eigenvalue weighted by Crippen LogP contribution is 2.19. The monoisotopic (exact) mass is 236 g/mol. The average molecular weight is 236 g/mol. The van der Waals surface area contributed by atoms with Gasteiger partial charge in [0.15, 0.2) is 0 Å². The molecule has 0 aliphatic carbocycles. The van der Waals surface area contributed by atoms with Gasteiger partial charge in [-0.05, 0) is 17.7 Å². The van der Waals surface area contributed by atoms with Crippen molar-refractivity contribution >= 4 is 17.5 Å².